The molecule has 2 rings (SSSR count). The van der Waals surface area contributed by atoms with Crippen LogP contribution < -0.4 is 5.32 Å². The van der Waals surface area contributed by atoms with Gasteiger partial charge in [-0.1, -0.05) is 43.2 Å². The van der Waals surface area contributed by atoms with Crippen molar-refractivity contribution >= 4 is 0 Å². The molecule has 88 valence electrons. The van der Waals surface area contributed by atoms with Crippen molar-refractivity contribution < 1.29 is 0 Å². The summed E-state index contributed by atoms with van der Waals surface area (Å²) in [7, 11) is 0. The SMILES string of the molecule is CCC1(Cc2cccc(C)c2)CCCCN1. The maximum Gasteiger partial charge on any atom is 0.0219 e. The molecule has 0 spiro atoms. The van der Waals surface area contributed by atoms with Crippen LogP contribution in [0.1, 0.15) is 43.7 Å². The van der Waals surface area contributed by atoms with Crippen molar-refractivity contribution in [2.45, 2.75) is 51.5 Å². The molecule has 0 aliphatic carbocycles. The molecule has 1 heteroatoms. The van der Waals surface area contributed by atoms with Crippen LogP contribution in [-0.4, -0.2) is 12.1 Å². The van der Waals surface area contributed by atoms with Gasteiger partial charge < -0.3 is 5.32 Å². The third-order valence-corrected chi connectivity index (χ3v) is 3.88. The van der Waals surface area contributed by atoms with Gasteiger partial charge in [0.25, 0.3) is 0 Å². The minimum Gasteiger partial charge on any atom is -0.311 e. The summed E-state index contributed by atoms with van der Waals surface area (Å²) in [6.07, 6.45) is 6.48. The molecule has 1 aliphatic heterocycles. The van der Waals surface area contributed by atoms with E-state index in [4.69, 9.17) is 0 Å². The van der Waals surface area contributed by atoms with E-state index in [1.54, 1.807) is 0 Å². The van der Waals surface area contributed by atoms with E-state index in [-0.39, 0.29) is 0 Å². The highest BCUT2D eigenvalue weighted by Crippen LogP contribution is 2.27. The largest absolute Gasteiger partial charge is 0.311 e. The van der Waals surface area contributed by atoms with Crippen molar-refractivity contribution in [3.8, 4) is 0 Å². The fraction of sp³-hybridized carbons (Fsp3) is 0.600. The predicted molar refractivity (Wildman–Crippen MR) is 69.8 cm³/mol. The normalized spacial score (nSPS) is 25.6. The molecule has 1 atom stereocenters. The summed E-state index contributed by atoms with van der Waals surface area (Å²) < 4.78 is 0. The Labute approximate surface area is 99.3 Å². The molecule has 1 aliphatic rings. The Balaban J connectivity index is 2.11. The number of piperidine rings is 1. The average molecular weight is 217 g/mol. The molecule has 1 unspecified atom stereocenters. The van der Waals surface area contributed by atoms with Crippen molar-refractivity contribution in [3.63, 3.8) is 0 Å². The van der Waals surface area contributed by atoms with Crippen molar-refractivity contribution in [1.29, 1.82) is 0 Å². The van der Waals surface area contributed by atoms with Gasteiger partial charge in [0.1, 0.15) is 0 Å². The van der Waals surface area contributed by atoms with Crippen LogP contribution in [0, 0.1) is 6.92 Å². The fourth-order valence-electron chi connectivity index (χ4n) is 2.82. The standard InChI is InChI=1S/C15H23N/c1-3-15(9-4-5-10-16-15)12-14-8-6-7-13(2)11-14/h6-8,11,16H,3-5,9-10,12H2,1-2H3. The second kappa shape index (κ2) is 5.01. The minimum absolute atomic E-state index is 0.367. The zero-order valence-electron chi connectivity index (χ0n) is 10.6. The summed E-state index contributed by atoms with van der Waals surface area (Å²) in [6.45, 7) is 5.68. The van der Waals surface area contributed by atoms with Gasteiger partial charge >= 0.3 is 0 Å². The number of hydrogen-bond donors (Lipinski definition) is 1. The maximum atomic E-state index is 3.75. The van der Waals surface area contributed by atoms with Crippen LogP contribution in [0.15, 0.2) is 24.3 Å². The van der Waals surface area contributed by atoms with E-state index in [0.29, 0.717) is 5.54 Å². The Bertz CT molecular complexity index is 337. The molecule has 0 amide bonds. The van der Waals surface area contributed by atoms with E-state index in [2.05, 4.69) is 43.4 Å². The van der Waals surface area contributed by atoms with E-state index in [1.165, 1.54) is 49.8 Å². The summed E-state index contributed by atoms with van der Waals surface area (Å²) >= 11 is 0. The Morgan fingerprint density at radius 2 is 2.19 bits per heavy atom. The molecular formula is C15H23N. The van der Waals surface area contributed by atoms with Crippen LogP contribution in [0.3, 0.4) is 0 Å². The Kier molecular flexibility index (Phi) is 3.65. The van der Waals surface area contributed by atoms with Gasteiger partial charge in [-0.3, -0.25) is 0 Å². The highest BCUT2D eigenvalue weighted by Gasteiger charge is 2.29. The Hall–Kier alpha value is -0.820. The second-order valence-corrected chi connectivity index (χ2v) is 5.18. The topological polar surface area (TPSA) is 12.0 Å². The molecule has 1 saturated heterocycles. The average Bonchev–Trinajstić information content (AvgIpc) is 2.30. The summed E-state index contributed by atoms with van der Waals surface area (Å²) in [6, 6.07) is 8.95. The number of rotatable bonds is 3. The van der Waals surface area contributed by atoms with Gasteiger partial charge in [0.15, 0.2) is 0 Å². The van der Waals surface area contributed by atoms with Crippen LogP contribution in [0.2, 0.25) is 0 Å². The number of hydrogen-bond acceptors (Lipinski definition) is 1. The highest BCUT2D eigenvalue weighted by molar-refractivity contribution is 5.24. The van der Waals surface area contributed by atoms with Gasteiger partial charge in [-0.05, 0) is 44.7 Å². The van der Waals surface area contributed by atoms with Crippen molar-refractivity contribution in [2.24, 2.45) is 0 Å². The van der Waals surface area contributed by atoms with Crippen LogP contribution in [0.25, 0.3) is 0 Å². The lowest BCUT2D eigenvalue weighted by Crippen LogP contribution is -2.49. The zero-order chi connectivity index (χ0) is 11.4. The third-order valence-electron chi connectivity index (χ3n) is 3.88. The molecule has 1 fully saturated rings. The molecule has 1 N–H and O–H groups in total. The predicted octanol–water partition coefficient (Wildman–Crippen LogP) is 3.46. The van der Waals surface area contributed by atoms with Gasteiger partial charge in [0, 0.05) is 5.54 Å². The lowest BCUT2D eigenvalue weighted by Gasteiger charge is -2.38. The maximum absolute atomic E-state index is 3.75. The van der Waals surface area contributed by atoms with Gasteiger partial charge in [-0.15, -0.1) is 0 Å². The first kappa shape index (κ1) is 11.7. The molecule has 0 aromatic heterocycles. The first-order valence-corrected chi connectivity index (χ1v) is 6.55. The molecule has 16 heavy (non-hydrogen) atoms. The summed E-state index contributed by atoms with van der Waals surface area (Å²) in [4.78, 5) is 0. The van der Waals surface area contributed by atoms with Gasteiger partial charge in [0.05, 0.1) is 0 Å². The first-order valence-electron chi connectivity index (χ1n) is 6.55. The van der Waals surface area contributed by atoms with Crippen LogP contribution >= 0.6 is 0 Å². The van der Waals surface area contributed by atoms with E-state index >= 15 is 0 Å². The first-order chi connectivity index (χ1) is 7.74. The Morgan fingerprint density at radius 1 is 1.31 bits per heavy atom. The van der Waals surface area contributed by atoms with Crippen molar-refractivity contribution in [2.75, 3.05) is 6.54 Å². The van der Waals surface area contributed by atoms with Crippen LogP contribution in [0.4, 0.5) is 0 Å². The zero-order valence-corrected chi connectivity index (χ0v) is 10.6. The molecule has 0 bridgehead atoms. The summed E-state index contributed by atoms with van der Waals surface area (Å²) in [5.41, 5.74) is 3.22. The number of aryl methyl sites for hydroxylation is 1. The van der Waals surface area contributed by atoms with Crippen molar-refractivity contribution in [1.82, 2.24) is 5.32 Å². The van der Waals surface area contributed by atoms with Gasteiger partial charge in [0.2, 0.25) is 0 Å². The molecule has 0 saturated carbocycles. The molecule has 1 heterocycles. The summed E-state index contributed by atoms with van der Waals surface area (Å²) in [5.74, 6) is 0. The highest BCUT2D eigenvalue weighted by atomic mass is 15.0. The quantitative estimate of drug-likeness (QED) is 0.817. The van der Waals surface area contributed by atoms with Crippen LogP contribution in [0.5, 0.6) is 0 Å². The molecule has 1 aromatic rings. The number of benzene rings is 1. The van der Waals surface area contributed by atoms with E-state index in [0.717, 1.165) is 0 Å². The smallest absolute Gasteiger partial charge is 0.0219 e. The van der Waals surface area contributed by atoms with Gasteiger partial charge in [-0.2, -0.15) is 0 Å². The molecule has 1 nitrogen and oxygen atoms in total. The van der Waals surface area contributed by atoms with Crippen LogP contribution in [-0.2, 0) is 6.42 Å². The van der Waals surface area contributed by atoms with E-state index < -0.39 is 0 Å². The van der Waals surface area contributed by atoms with Crippen molar-refractivity contribution in [3.05, 3.63) is 35.4 Å². The summed E-state index contributed by atoms with van der Waals surface area (Å²) in [5, 5.41) is 3.75. The lowest BCUT2D eigenvalue weighted by atomic mass is 9.81. The monoisotopic (exact) mass is 217 g/mol. The number of nitrogens with one attached hydrogen (secondary N) is 1. The fourth-order valence-corrected chi connectivity index (χ4v) is 2.82. The minimum atomic E-state index is 0.367. The lowest BCUT2D eigenvalue weighted by molar-refractivity contribution is 0.243. The third kappa shape index (κ3) is 2.65. The van der Waals surface area contributed by atoms with Gasteiger partial charge in [-0.25, -0.2) is 0 Å². The molecule has 0 radical (unpaired) electrons. The van der Waals surface area contributed by atoms with E-state index in [1.807, 2.05) is 0 Å². The molecular weight excluding hydrogens is 194 g/mol. The molecule has 1 aromatic carbocycles. The Morgan fingerprint density at radius 3 is 2.81 bits per heavy atom. The second-order valence-electron chi connectivity index (χ2n) is 5.18. The van der Waals surface area contributed by atoms with E-state index in [9.17, 15) is 0 Å².